The molecule has 0 aromatic rings. The molecular formula is C13H29NO. The van der Waals surface area contributed by atoms with Crippen LogP contribution in [-0.4, -0.2) is 29.8 Å². The van der Waals surface area contributed by atoms with Crippen molar-refractivity contribution in [1.29, 1.82) is 0 Å². The molecule has 0 saturated heterocycles. The largest absolute Gasteiger partial charge is 0.379 e. The van der Waals surface area contributed by atoms with Crippen LogP contribution in [0.5, 0.6) is 0 Å². The van der Waals surface area contributed by atoms with Gasteiger partial charge >= 0.3 is 0 Å². The summed E-state index contributed by atoms with van der Waals surface area (Å²) in [7, 11) is 2.01. The van der Waals surface area contributed by atoms with Crippen LogP contribution in [0.25, 0.3) is 0 Å². The highest BCUT2D eigenvalue weighted by molar-refractivity contribution is 4.64. The third-order valence-corrected chi connectivity index (χ3v) is 3.10. The minimum atomic E-state index is -0.310. The van der Waals surface area contributed by atoms with Crippen molar-refractivity contribution in [3.05, 3.63) is 0 Å². The third-order valence-electron chi connectivity index (χ3n) is 3.10. The molecule has 0 saturated carbocycles. The zero-order chi connectivity index (χ0) is 11.7. The highest BCUT2D eigenvalue weighted by atomic mass is 16.3. The summed E-state index contributed by atoms with van der Waals surface area (Å²) in [4.78, 5) is 2.05. The van der Waals surface area contributed by atoms with E-state index in [0.717, 1.165) is 12.5 Å². The third kappa shape index (κ3) is 7.80. The fourth-order valence-corrected chi connectivity index (χ4v) is 1.98. The summed E-state index contributed by atoms with van der Waals surface area (Å²) in [5.74, 6) is 0.765. The minimum Gasteiger partial charge on any atom is -0.379 e. The number of rotatable bonds is 9. The second-order valence-corrected chi connectivity index (χ2v) is 4.72. The standard InChI is InChI=1S/C13H29NO/c1-5-7-8-10-13(9-6-2)11-14(4)12(3)15/h12-13,15H,5-11H2,1-4H3. The summed E-state index contributed by atoms with van der Waals surface area (Å²) in [6.07, 6.45) is 7.54. The predicted octanol–water partition coefficient (Wildman–Crippen LogP) is 3.25. The van der Waals surface area contributed by atoms with Gasteiger partial charge in [-0.05, 0) is 32.7 Å². The summed E-state index contributed by atoms with van der Waals surface area (Å²) in [6.45, 7) is 7.37. The summed E-state index contributed by atoms with van der Waals surface area (Å²) >= 11 is 0. The van der Waals surface area contributed by atoms with E-state index in [4.69, 9.17) is 0 Å². The lowest BCUT2D eigenvalue weighted by Crippen LogP contribution is -2.33. The molecule has 1 N–H and O–H groups in total. The maximum absolute atomic E-state index is 9.44. The van der Waals surface area contributed by atoms with Gasteiger partial charge in [-0.2, -0.15) is 0 Å². The van der Waals surface area contributed by atoms with E-state index in [1.54, 1.807) is 0 Å². The average molecular weight is 215 g/mol. The number of nitrogens with zero attached hydrogens (tertiary/aromatic N) is 1. The Morgan fingerprint density at radius 3 is 2.20 bits per heavy atom. The van der Waals surface area contributed by atoms with Crippen LogP contribution < -0.4 is 0 Å². The highest BCUT2D eigenvalue weighted by Gasteiger charge is 2.13. The predicted molar refractivity (Wildman–Crippen MR) is 66.9 cm³/mol. The SMILES string of the molecule is CCCCCC(CCC)CN(C)C(C)O. The summed E-state index contributed by atoms with van der Waals surface area (Å²) in [6, 6.07) is 0. The van der Waals surface area contributed by atoms with E-state index < -0.39 is 0 Å². The molecule has 0 spiro atoms. The second kappa shape index (κ2) is 9.17. The molecule has 0 aromatic heterocycles. The van der Waals surface area contributed by atoms with Crippen LogP contribution in [0.4, 0.5) is 0 Å². The quantitative estimate of drug-likeness (QED) is 0.471. The van der Waals surface area contributed by atoms with Crippen LogP contribution >= 0.6 is 0 Å². The number of hydrogen-bond donors (Lipinski definition) is 1. The lowest BCUT2D eigenvalue weighted by molar-refractivity contribution is 0.0257. The smallest absolute Gasteiger partial charge is 0.104 e. The van der Waals surface area contributed by atoms with Crippen molar-refractivity contribution in [2.75, 3.05) is 13.6 Å². The Hall–Kier alpha value is -0.0800. The van der Waals surface area contributed by atoms with Crippen molar-refractivity contribution in [3.8, 4) is 0 Å². The van der Waals surface area contributed by atoms with E-state index >= 15 is 0 Å². The Labute approximate surface area is 95.7 Å². The van der Waals surface area contributed by atoms with Gasteiger partial charge in [-0.3, -0.25) is 4.90 Å². The molecule has 0 aliphatic rings. The van der Waals surface area contributed by atoms with E-state index in [2.05, 4.69) is 13.8 Å². The molecule has 0 fully saturated rings. The van der Waals surface area contributed by atoms with Crippen molar-refractivity contribution >= 4 is 0 Å². The van der Waals surface area contributed by atoms with Gasteiger partial charge in [0.1, 0.15) is 6.23 Å². The lowest BCUT2D eigenvalue weighted by Gasteiger charge is -2.26. The van der Waals surface area contributed by atoms with Gasteiger partial charge in [0.25, 0.3) is 0 Å². The topological polar surface area (TPSA) is 23.5 Å². The maximum atomic E-state index is 9.44. The fraction of sp³-hybridized carbons (Fsp3) is 1.00. The molecule has 92 valence electrons. The van der Waals surface area contributed by atoms with Crippen LogP contribution in [0.2, 0.25) is 0 Å². The Morgan fingerprint density at radius 2 is 1.73 bits per heavy atom. The first-order valence-electron chi connectivity index (χ1n) is 6.50. The molecule has 0 rings (SSSR count). The Balaban J connectivity index is 3.81. The summed E-state index contributed by atoms with van der Waals surface area (Å²) < 4.78 is 0. The zero-order valence-electron chi connectivity index (χ0n) is 11.0. The summed E-state index contributed by atoms with van der Waals surface area (Å²) in [5.41, 5.74) is 0. The first kappa shape index (κ1) is 14.9. The molecule has 0 radical (unpaired) electrons. The van der Waals surface area contributed by atoms with Crippen LogP contribution in [0.3, 0.4) is 0 Å². The molecule has 0 amide bonds. The molecule has 0 aromatic carbocycles. The van der Waals surface area contributed by atoms with Crippen molar-refractivity contribution in [2.45, 2.75) is 65.5 Å². The maximum Gasteiger partial charge on any atom is 0.104 e. The van der Waals surface area contributed by atoms with Gasteiger partial charge in [-0.1, -0.05) is 39.5 Å². The van der Waals surface area contributed by atoms with E-state index in [0.29, 0.717) is 0 Å². The van der Waals surface area contributed by atoms with E-state index in [9.17, 15) is 5.11 Å². The van der Waals surface area contributed by atoms with E-state index in [1.165, 1.54) is 38.5 Å². The van der Waals surface area contributed by atoms with Crippen LogP contribution in [0.1, 0.15) is 59.3 Å². The van der Waals surface area contributed by atoms with Crippen molar-refractivity contribution < 1.29 is 5.11 Å². The Morgan fingerprint density at radius 1 is 1.07 bits per heavy atom. The number of unbranched alkanes of at least 4 members (excludes halogenated alkanes) is 2. The first-order chi connectivity index (χ1) is 7.11. The van der Waals surface area contributed by atoms with Gasteiger partial charge < -0.3 is 5.11 Å². The van der Waals surface area contributed by atoms with Gasteiger partial charge in [0.15, 0.2) is 0 Å². The molecule has 2 heteroatoms. The Kier molecular flexibility index (Phi) is 9.12. The van der Waals surface area contributed by atoms with Crippen molar-refractivity contribution in [1.82, 2.24) is 4.90 Å². The Bertz CT molecular complexity index is 136. The number of aliphatic hydroxyl groups excluding tert-OH is 1. The second-order valence-electron chi connectivity index (χ2n) is 4.72. The molecule has 0 aliphatic heterocycles. The first-order valence-corrected chi connectivity index (χ1v) is 6.50. The molecule has 2 atom stereocenters. The molecular weight excluding hydrogens is 186 g/mol. The normalized spacial score (nSPS) is 15.6. The highest BCUT2D eigenvalue weighted by Crippen LogP contribution is 2.17. The zero-order valence-corrected chi connectivity index (χ0v) is 11.0. The number of hydrogen-bond acceptors (Lipinski definition) is 2. The molecule has 0 heterocycles. The monoisotopic (exact) mass is 215 g/mol. The van der Waals surface area contributed by atoms with Gasteiger partial charge in [-0.15, -0.1) is 0 Å². The lowest BCUT2D eigenvalue weighted by atomic mass is 9.96. The minimum absolute atomic E-state index is 0.310. The van der Waals surface area contributed by atoms with Crippen molar-refractivity contribution in [2.24, 2.45) is 5.92 Å². The van der Waals surface area contributed by atoms with Crippen LogP contribution in [0, 0.1) is 5.92 Å². The molecule has 0 aliphatic carbocycles. The van der Waals surface area contributed by atoms with Crippen LogP contribution in [-0.2, 0) is 0 Å². The van der Waals surface area contributed by atoms with Gasteiger partial charge in [0.05, 0.1) is 0 Å². The van der Waals surface area contributed by atoms with E-state index in [1.807, 2.05) is 18.9 Å². The molecule has 15 heavy (non-hydrogen) atoms. The van der Waals surface area contributed by atoms with Gasteiger partial charge in [-0.25, -0.2) is 0 Å². The fourth-order valence-electron chi connectivity index (χ4n) is 1.98. The van der Waals surface area contributed by atoms with E-state index in [-0.39, 0.29) is 6.23 Å². The average Bonchev–Trinajstić information content (AvgIpc) is 2.18. The molecule has 0 bridgehead atoms. The van der Waals surface area contributed by atoms with Crippen molar-refractivity contribution in [3.63, 3.8) is 0 Å². The molecule has 2 nitrogen and oxygen atoms in total. The summed E-state index contributed by atoms with van der Waals surface area (Å²) in [5, 5.41) is 9.44. The van der Waals surface area contributed by atoms with Crippen LogP contribution in [0.15, 0.2) is 0 Å². The number of aliphatic hydroxyl groups is 1. The van der Waals surface area contributed by atoms with Gasteiger partial charge in [0.2, 0.25) is 0 Å². The molecule has 2 unspecified atom stereocenters. The van der Waals surface area contributed by atoms with Gasteiger partial charge in [0, 0.05) is 6.54 Å².